The highest BCUT2D eigenvalue weighted by atomic mass is 16.5. The minimum Gasteiger partial charge on any atom is -0.466 e. The van der Waals surface area contributed by atoms with Crippen LogP contribution in [0.3, 0.4) is 0 Å². The summed E-state index contributed by atoms with van der Waals surface area (Å²) in [5.41, 5.74) is 0. The number of aliphatic hydroxyl groups is 1. The van der Waals surface area contributed by atoms with Crippen molar-refractivity contribution >= 4 is 5.97 Å². The second kappa shape index (κ2) is 9.39. The molecule has 5 nitrogen and oxygen atoms in total. The van der Waals surface area contributed by atoms with Gasteiger partial charge in [-0.15, -0.1) is 0 Å². The highest BCUT2D eigenvalue weighted by Crippen LogP contribution is 2.03. The van der Waals surface area contributed by atoms with Gasteiger partial charge in [-0.05, 0) is 20.8 Å². The van der Waals surface area contributed by atoms with E-state index >= 15 is 0 Å². The molecule has 0 aromatic heterocycles. The van der Waals surface area contributed by atoms with Crippen LogP contribution in [0.2, 0.25) is 0 Å². The summed E-state index contributed by atoms with van der Waals surface area (Å²) in [5, 5.41) is 9.78. The Balaban J connectivity index is 4.02. The molecule has 0 amide bonds. The number of hydrogen-bond donors (Lipinski definition) is 1. The van der Waals surface area contributed by atoms with E-state index in [1.165, 1.54) is 0 Å². The van der Waals surface area contributed by atoms with Gasteiger partial charge in [-0.2, -0.15) is 0 Å². The van der Waals surface area contributed by atoms with Crippen molar-refractivity contribution in [3.63, 3.8) is 0 Å². The Kier molecular flexibility index (Phi) is 9.03. The number of hydrogen-bond acceptors (Lipinski definition) is 5. The Morgan fingerprint density at radius 3 is 2.53 bits per heavy atom. The van der Waals surface area contributed by atoms with Gasteiger partial charge in [-0.3, -0.25) is 9.69 Å². The summed E-state index contributed by atoms with van der Waals surface area (Å²) < 4.78 is 9.80. The standard InChI is InChI=1S/C12H25NO4/c1-5-17-12(15)8-11(14)9-13(10(2)3)6-7-16-4/h10-11,14H,5-9H2,1-4H3. The maximum absolute atomic E-state index is 11.2. The molecule has 0 aromatic carbocycles. The van der Waals surface area contributed by atoms with Crippen LogP contribution in [0.1, 0.15) is 27.2 Å². The molecule has 0 spiro atoms. The fourth-order valence-electron chi connectivity index (χ4n) is 1.52. The second-order valence-corrected chi connectivity index (χ2v) is 4.24. The predicted molar refractivity (Wildman–Crippen MR) is 65.8 cm³/mol. The van der Waals surface area contributed by atoms with Crippen LogP contribution in [-0.2, 0) is 14.3 Å². The van der Waals surface area contributed by atoms with Gasteiger partial charge in [-0.1, -0.05) is 0 Å². The first kappa shape index (κ1) is 16.4. The van der Waals surface area contributed by atoms with Crippen molar-refractivity contribution in [2.45, 2.75) is 39.3 Å². The Bertz CT molecular complexity index is 209. The summed E-state index contributed by atoms with van der Waals surface area (Å²) in [6, 6.07) is 0.307. The lowest BCUT2D eigenvalue weighted by Crippen LogP contribution is -2.40. The van der Waals surface area contributed by atoms with E-state index in [1.807, 2.05) is 13.8 Å². The van der Waals surface area contributed by atoms with E-state index in [2.05, 4.69) is 4.90 Å². The van der Waals surface area contributed by atoms with Crippen LogP contribution in [0, 0.1) is 0 Å². The average molecular weight is 247 g/mol. The summed E-state index contributed by atoms with van der Waals surface area (Å²) in [5.74, 6) is -0.351. The van der Waals surface area contributed by atoms with Crippen molar-refractivity contribution in [2.24, 2.45) is 0 Å². The lowest BCUT2D eigenvalue weighted by Gasteiger charge is -2.28. The zero-order chi connectivity index (χ0) is 13.3. The highest BCUT2D eigenvalue weighted by molar-refractivity contribution is 5.69. The monoisotopic (exact) mass is 247 g/mol. The molecule has 5 heteroatoms. The van der Waals surface area contributed by atoms with E-state index in [4.69, 9.17) is 9.47 Å². The number of aliphatic hydroxyl groups excluding tert-OH is 1. The van der Waals surface area contributed by atoms with E-state index in [0.717, 1.165) is 6.54 Å². The van der Waals surface area contributed by atoms with Gasteiger partial charge in [0, 0.05) is 26.2 Å². The SMILES string of the molecule is CCOC(=O)CC(O)CN(CCOC)C(C)C. The zero-order valence-corrected chi connectivity index (χ0v) is 11.3. The third-order valence-corrected chi connectivity index (χ3v) is 2.47. The molecule has 0 aliphatic carbocycles. The van der Waals surface area contributed by atoms with Gasteiger partial charge in [0.2, 0.25) is 0 Å². The normalized spacial score (nSPS) is 13.1. The molecule has 0 fully saturated rings. The molecule has 0 rings (SSSR count). The molecule has 102 valence electrons. The lowest BCUT2D eigenvalue weighted by atomic mass is 10.2. The number of ether oxygens (including phenoxy) is 2. The molecule has 1 N–H and O–H groups in total. The van der Waals surface area contributed by atoms with Crippen LogP contribution in [0.15, 0.2) is 0 Å². The van der Waals surface area contributed by atoms with Crippen LogP contribution < -0.4 is 0 Å². The van der Waals surface area contributed by atoms with E-state index in [-0.39, 0.29) is 12.4 Å². The number of methoxy groups -OCH3 is 1. The largest absolute Gasteiger partial charge is 0.466 e. The Labute approximate surface area is 104 Å². The number of carbonyl (C=O) groups excluding carboxylic acids is 1. The maximum atomic E-state index is 11.2. The van der Waals surface area contributed by atoms with Gasteiger partial charge in [-0.25, -0.2) is 0 Å². The van der Waals surface area contributed by atoms with E-state index in [0.29, 0.717) is 25.8 Å². The molecule has 0 aliphatic rings. The van der Waals surface area contributed by atoms with Gasteiger partial charge in [0.15, 0.2) is 0 Å². The number of rotatable bonds is 9. The third kappa shape index (κ3) is 8.12. The molecule has 17 heavy (non-hydrogen) atoms. The summed E-state index contributed by atoms with van der Waals surface area (Å²) in [6.45, 7) is 8.02. The van der Waals surface area contributed by atoms with Gasteiger partial charge in [0.25, 0.3) is 0 Å². The molecule has 0 radical (unpaired) electrons. The number of nitrogens with zero attached hydrogens (tertiary/aromatic N) is 1. The molecule has 0 saturated carbocycles. The molecule has 0 saturated heterocycles. The van der Waals surface area contributed by atoms with Gasteiger partial charge in [0.1, 0.15) is 0 Å². The molecule has 0 aromatic rings. The minimum absolute atomic E-state index is 0.0457. The van der Waals surface area contributed by atoms with Crippen LogP contribution in [0.5, 0.6) is 0 Å². The summed E-state index contributed by atoms with van der Waals surface area (Å²) in [6.07, 6.45) is -0.641. The first-order valence-electron chi connectivity index (χ1n) is 6.07. The Hall–Kier alpha value is -0.650. The number of carbonyl (C=O) groups is 1. The van der Waals surface area contributed by atoms with E-state index in [1.54, 1.807) is 14.0 Å². The quantitative estimate of drug-likeness (QED) is 0.606. The van der Waals surface area contributed by atoms with Crippen molar-refractivity contribution in [3.05, 3.63) is 0 Å². The maximum Gasteiger partial charge on any atom is 0.308 e. The molecular formula is C12H25NO4. The van der Waals surface area contributed by atoms with Crippen molar-refractivity contribution in [2.75, 3.05) is 33.4 Å². The molecule has 1 atom stereocenters. The highest BCUT2D eigenvalue weighted by Gasteiger charge is 2.17. The van der Waals surface area contributed by atoms with Crippen molar-refractivity contribution in [1.82, 2.24) is 4.90 Å². The molecule has 1 unspecified atom stereocenters. The zero-order valence-electron chi connectivity index (χ0n) is 11.3. The van der Waals surface area contributed by atoms with Crippen molar-refractivity contribution in [1.29, 1.82) is 0 Å². The molecule has 0 aliphatic heterocycles. The second-order valence-electron chi connectivity index (χ2n) is 4.24. The lowest BCUT2D eigenvalue weighted by molar-refractivity contribution is -0.145. The Morgan fingerprint density at radius 1 is 1.41 bits per heavy atom. The summed E-state index contributed by atoms with van der Waals surface area (Å²) in [4.78, 5) is 13.3. The molecular weight excluding hydrogens is 222 g/mol. The average Bonchev–Trinajstić information content (AvgIpc) is 2.23. The fraction of sp³-hybridized carbons (Fsp3) is 0.917. The summed E-state index contributed by atoms with van der Waals surface area (Å²) in [7, 11) is 1.65. The predicted octanol–water partition coefficient (Wildman–Crippen LogP) is 0.657. The van der Waals surface area contributed by atoms with Gasteiger partial charge in [0.05, 0.1) is 25.7 Å². The molecule has 0 heterocycles. The third-order valence-electron chi connectivity index (χ3n) is 2.47. The van der Waals surface area contributed by atoms with Crippen molar-refractivity contribution in [3.8, 4) is 0 Å². The van der Waals surface area contributed by atoms with Crippen molar-refractivity contribution < 1.29 is 19.4 Å². The molecule has 0 bridgehead atoms. The summed E-state index contributed by atoms with van der Waals surface area (Å²) >= 11 is 0. The van der Waals surface area contributed by atoms with Gasteiger partial charge < -0.3 is 14.6 Å². The van der Waals surface area contributed by atoms with Crippen LogP contribution in [0.4, 0.5) is 0 Å². The first-order chi connectivity index (χ1) is 8.01. The number of esters is 1. The minimum atomic E-state index is -0.687. The first-order valence-corrected chi connectivity index (χ1v) is 6.07. The fourth-order valence-corrected chi connectivity index (χ4v) is 1.52. The van der Waals surface area contributed by atoms with Crippen LogP contribution >= 0.6 is 0 Å². The van der Waals surface area contributed by atoms with E-state index < -0.39 is 6.10 Å². The van der Waals surface area contributed by atoms with Crippen LogP contribution in [-0.4, -0.2) is 61.5 Å². The van der Waals surface area contributed by atoms with Crippen LogP contribution in [0.25, 0.3) is 0 Å². The topological polar surface area (TPSA) is 59.0 Å². The van der Waals surface area contributed by atoms with E-state index in [9.17, 15) is 9.90 Å². The Morgan fingerprint density at radius 2 is 2.06 bits per heavy atom. The van der Waals surface area contributed by atoms with Gasteiger partial charge >= 0.3 is 5.97 Å². The smallest absolute Gasteiger partial charge is 0.308 e.